The molecule has 0 saturated carbocycles. The molecule has 1 unspecified atom stereocenters. The number of unbranched alkanes of at least 4 members (excludes halogenated alkanes) is 11. The SMILES string of the molecule is CCCCCCCCCCCCCOc1ccc(C(=O)Oc2ccc(C#Cc3ccc(C(=O)OC(C)C(=O)OCCCC)s3)cc2)cc1F. The van der Waals surface area contributed by atoms with E-state index < -0.39 is 29.8 Å². The van der Waals surface area contributed by atoms with Gasteiger partial charge in [0.05, 0.1) is 23.7 Å². The topological polar surface area (TPSA) is 88.1 Å². The van der Waals surface area contributed by atoms with Crippen molar-refractivity contribution in [1.82, 2.24) is 0 Å². The molecule has 1 heterocycles. The molecule has 7 nitrogen and oxygen atoms in total. The van der Waals surface area contributed by atoms with Gasteiger partial charge in [-0.25, -0.2) is 18.8 Å². The van der Waals surface area contributed by atoms with Gasteiger partial charge in [-0.3, -0.25) is 0 Å². The van der Waals surface area contributed by atoms with Gasteiger partial charge in [-0.15, -0.1) is 11.3 Å². The third kappa shape index (κ3) is 14.9. The van der Waals surface area contributed by atoms with Crippen molar-refractivity contribution < 1.29 is 37.7 Å². The highest BCUT2D eigenvalue weighted by atomic mass is 32.1. The minimum Gasteiger partial charge on any atom is -0.491 e. The highest BCUT2D eigenvalue weighted by molar-refractivity contribution is 7.14. The number of carbonyl (C=O) groups excluding carboxylic acids is 3. The Kier molecular flexibility index (Phi) is 18.0. The summed E-state index contributed by atoms with van der Waals surface area (Å²) in [5, 5.41) is 0. The van der Waals surface area contributed by atoms with Crippen LogP contribution < -0.4 is 9.47 Å². The molecule has 3 aromatic rings. The van der Waals surface area contributed by atoms with Crippen LogP contribution in [0.1, 0.15) is 135 Å². The number of benzene rings is 2. The molecule has 0 radical (unpaired) electrons. The Labute approximate surface area is 294 Å². The second-order valence-electron chi connectivity index (χ2n) is 11.9. The van der Waals surface area contributed by atoms with Gasteiger partial charge < -0.3 is 18.9 Å². The first-order valence-electron chi connectivity index (χ1n) is 17.5. The summed E-state index contributed by atoms with van der Waals surface area (Å²) in [5.74, 6) is 3.92. The summed E-state index contributed by atoms with van der Waals surface area (Å²) in [6, 6.07) is 13.9. The van der Waals surface area contributed by atoms with Crippen LogP contribution in [-0.2, 0) is 14.3 Å². The van der Waals surface area contributed by atoms with Gasteiger partial charge in [0.1, 0.15) is 10.6 Å². The number of carbonyl (C=O) groups is 3. The van der Waals surface area contributed by atoms with Crippen LogP contribution in [0.2, 0.25) is 0 Å². The Morgan fingerprint density at radius 3 is 2.04 bits per heavy atom. The molecule has 1 atom stereocenters. The minimum absolute atomic E-state index is 0.0817. The van der Waals surface area contributed by atoms with Gasteiger partial charge in [-0.2, -0.15) is 0 Å². The van der Waals surface area contributed by atoms with E-state index >= 15 is 0 Å². The summed E-state index contributed by atoms with van der Waals surface area (Å²) < 4.78 is 36.0. The van der Waals surface area contributed by atoms with Crippen molar-refractivity contribution >= 4 is 29.2 Å². The first-order chi connectivity index (χ1) is 23.8. The number of thiophene rings is 1. The Hall–Kier alpha value is -4.16. The third-order valence-electron chi connectivity index (χ3n) is 7.73. The largest absolute Gasteiger partial charge is 0.491 e. The van der Waals surface area contributed by atoms with Crippen LogP contribution in [0.4, 0.5) is 4.39 Å². The molecule has 0 amide bonds. The molecule has 3 rings (SSSR count). The van der Waals surface area contributed by atoms with E-state index in [0.717, 1.165) is 49.5 Å². The number of esters is 3. The maximum absolute atomic E-state index is 14.6. The molecule has 49 heavy (non-hydrogen) atoms. The fourth-order valence-electron chi connectivity index (χ4n) is 4.82. The van der Waals surface area contributed by atoms with Crippen molar-refractivity contribution in [2.24, 2.45) is 0 Å². The first-order valence-corrected chi connectivity index (χ1v) is 18.4. The maximum Gasteiger partial charge on any atom is 0.349 e. The molecule has 0 bridgehead atoms. The van der Waals surface area contributed by atoms with Crippen LogP contribution in [0.15, 0.2) is 54.6 Å². The van der Waals surface area contributed by atoms with E-state index in [0.29, 0.717) is 28.5 Å². The normalized spacial score (nSPS) is 11.3. The van der Waals surface area contributed by atoms with Crippen LogP contribution >= 0.6 is 11.3 Å². The van der Waals surface area contributed by atoms with Crippen LogP contribution in [0.3, 0.4) is 0 Å². The van der Waals surface area contributed by atoms with E-state index in [-0.39, 0.29) is 17.1 Å². The lowest BCUT2D eigenvalue weighted by atomic mass is 10.1. The number of halogens is 1. The zero-order valence-electron chi connectivity index (χ0n) is 29.0. The fraction of sp³-hybridized carbons (Fsp3) is 0.475. The molecule has 264 valence electrons. The molecule has 0 saturated heterocycles. The Morgan fingerprint density at radius 1 is 0.735 bits per heavy atom. The highest BCUT2D eigenvalue weighted by Gasteiger charge is 2.21. The first kappa shape index (κ1) is 39.3. The maximum atomic E-state index is 14.6. The van der Waals surface area contributed by atoms with Crippen LogP contribution in [0, 0.1) is 17.7 Å². The minimum atomic E-state index is -1.00. The van der Waals surface area contributed by atoms with Crippen molar-refractivity contribution in [3.63, 3.8) is 0 Å². The number of hydrogen-bond donors (Lipinski definition) is 0. The summed E-state index contributed by atoms with van der Waals surface area (Å²) in [7, 11) is 0. The van der Waals surface area contributed by atoms with Crippen molar-refractivity contribution in [2.75, 3.05) is 13.2 Å². The standard InChI is InChI=1S/C40H49FO7S/c1-4-6-8-9-10-11-12-13-14-15-16-28-45-36-25-20-32(29-35(36)41)39(43)48-33-21-17-31(18-22-33)19-23-34-24-26-37(49-34)40(44)47-30(3)38(42)46-27-7-5-2/h17-18,20-22,24-26,29-30H,4-16,27-28H2,1-3H3. The fourth-order valence-corrected chi connectivity index (χ4v) is 5.56. The monoisotopic (exact) mass is 692 g/mol. The molecule has 2 aromatic carbocycles. The second-order valence-corrected chi connectivity index (χ2v) is 13.0. The number of ether oxygens (including phenoxy) is 4. The van der Waals surface area contributed by atoms with E-state index in [9.17, 15) is 18.8 Å². The quantitative estimate of drug-likeness (QED) is 0.0475. The predicted molar refractivity (Wildman–Crippen MR) is 191 cm³/mol. The molecule has 0 aliphatic heterocycles. The third-order valence-corrected chi connectivity index (χ3v) is 8.71. The van der Waals surface area contributed by atoms with Gasteiger partial charge in [-0.1, -0.05) is 96.3 Å². The molecular weight excluding hydrogens is 643 g/mol. The molecule has 9 heteroatoms. The lowest BCUT2D eigenvalue weighted by molar-refractivity contribution is -0.153. The highest BCUT2D eigenvalue weighted by Crippen LogP contribution is 2.22. The van der Waals surface area contributed by atoms with Gasteiger partial charge in [-0.05, 0) is 74.4 Å². The molecule has 0 aliphatic carbocycles. The Morgan fingerprint density at radius 2 is 1.39 bits per heavy atom. The number of rotatable bonds is 21. The average Bonchev–Trinajstić information content (AvgIpc) is 3.58. The van der Waals surface area contributed by atoms with E-state index in [4.69, 9.17) is 18.9 Å². The number of hydrogen-bond acceptors (Lipinski definition) is 8. The summed E-state index contributed by atoms with van der Waals surface area (Å²) >= 11 is 1.15. The van der Waals surface area contributed by atoms with Gasteiger partial charge >= 0.3 is 17.9 Å². The smallest absolute Gasteiger partial charge is 0.349 e. The van der Waals surface area contributed by atoms with Gasteiger partial charge in [0, 0.05) is 5.56 Å². The average molecular weight is 693 g/mol. The van der Waals surface area contributed by atoms with E-state index in [1.165, 1.54) is 70.4 Å². The zero-order chi connectivity index (χ0) is 35.3. The van der Waals surface area contributed by atoms with Crippen LogP contribution in [-0.4, -0.2) is 37.2 Å². The Bertz CT molecular complexity index is 1520. The second kappa shape index (κ2) is 22.5. The predicted octanol–water partition coefficient (Wildman–Crippen LogP) is 10.1. The van der Waals surface area contributed by atoms with Crippen molar-refractivity contribution in [2.45, 2.75) is 110 Å². The van der Waals surface area contributed by atoms with Crippen molar-refractivity contribution in [1.29, 1.82) is 0 Å². The van der Waals surface area contributed by atoms with Crippen LogP contribution in [0.5, 0.6) is 11.5 Å². The molecule has 0 N–H and O–H groups in total. The summed E-state index contributed by atoms with van der Waals surface area (Å²) in [5.41, 5.74) is 0.740. The zero-order valence-corrected chi connectivity index (χ0v) is 29.8. The van der Waals surface area contributed by atoms with E-state index in [1.54, 1.807) is 36.4 Å². The van der Waals surface area contributed by atoms with E-state index in [1.807, 2.05) is 6.92 Å². The van der Waals surface area contributed by atoms with Crippen molar-refractivity contribution in [3.05, 3.63) is 81.3 Å². The lowest BCUT2D eigenvalue weighted by Gasteiger charge is -2.11. The van der Waals surface area contributed by atoms with Crippen LogP contribution in [0.25, 0.3) is 0 Å². The lowest BCUT2D eigenvalue weighted by Crippen LogP contribution is -2.26. The van der Waals surface area contributed by atoms with Gasteiger partial charge in [0.15, 0.2) is 17.7 Å². The van der Waals surface area contributed by atoms with Gasteiger partial charge in [0.2, 0.25) is 0 Å². The molecule has 1 aromatic heterocycles. The van der Waals surface area contributed by atoms with E-state index in [2.05, 4.69) is 18.8 Å². The molecule has 0 fully saturated rings. The van der Waals surface area contributed by atoms with Crippen molar-refractivity contribution in [3.8, 4) is 23.3 Å². The summed E-state index contributed by atoms with van der Waals surface area (Å²) in [4.78, 5) is 38.0. The summed E-state index contributed by atoms with van der Waals surface area (Å²) in [6.07, 6.45) is 14.2. The molecule has 0 spiro atoms. The van der Waals surface area contributed by atoms with Gasteiger partial charge in [0.25, 0.3) is 0 Å². The molecule has 0 aliphatic rings. The summed E-state index contributed by atoms with van der Waals surface area (Å²) in [6.45, 7) is 6.43. The Balaban J connectivity index is 1.39. The molecular formula is C40H49FO7S.